The molecule has 0 spiro atoms. The fourth-order valence-corrected chi connectivity index (χ4v) is 5.46. The second-order valence-corrected chi connectivity index (χ2v) is 9.63. The van der Waals surface area contributed by atoms with E-state index in [1.165, 1.54) is 16.4 Å². The summed E-state index contributed by atoms with van der Waals surface area (Å²) in [7, 11) is -3.81. The highest BCUT2D eigenvalue weighted by Crippen LogP contribution is 2.31. The number of benzene rings is 2. The summed E-state index contributed by atoms with van der Waals surface area (Å²) in [5, 5.41) is 3.69. The van der Waals surface area contributed by atoms with Gasteiger partial charge in [-0.1, -0.05) is 25.1 Å². The molecular weight excluding hydrogens is 456 g/mol. The van der Waals surface area contributed by atoms with Crippen LogP contribution in [-0.2, 0) is 26.0 Å². The molecular formula is C25H28N2O6S. The number of fused-ring (bicyclic) bond motifs is 1. The number of hydrogen-bond acceptors (Lipinski definition) is 6. The van der Waals surface area contributed by atoms with E-state index < -0.39 is 10.0 Å². The predicted octanol–water partition coefficient (Wildman–Crippen LogP) is 4.07. The summed E-state index contributed by atoms with van der Waals surface area (Å²) < 4.78 is 44.6. The van der Waals surface area contributed by atoms with E-state index in [0.29, 0.717) is 31.9 Å². The molecule has 2 heterocycles. The Morgan fingerprint density at radius 3 is 2.65 bits per heavy atom. The Bertz CT molecular complexity index is 1310. The normalized spacial score (nSPS) is 15.1. The molecule has 1 amide bonds. The van der Waals surface area contributed by atoms with Crippen molar-refractivity contribution in [3.63, 3.8) is 0 Å². The molecule has 34 heavy (non-hydrogen) atoms. The SMILES string of the molecule is CCOc1ccc(NC(=O)/C=C/c2c(CC)oc3ccccc23)cc1S(=O)(=O)N1CCOCC1. The Balaban J connectivity index is 1.58. The molecule has 180 valence electrons. The smallest absolute Gasteiger partial charge is 0.248 e. The van der Waals surface area contributed by atoms with Crippen LogP contribution >= 0.6 is 0 Å². The van der Waals surface area contributed by atoms with Gasteiger partial charge in [0.05, 0.1) is 19.8 Å². The maximum atomic E-state index is 13.3. The molecule has 9 heteroatoms. The number of para-hydroxylation sites is 1. The van der Waals surface area contributed by atoms with Gasteiger partial charge < -0.3 is 19.2 Å². The number of furan rings is 1. The number of carbonyl (C=O) groups is 1. The summed E-state index contributed by atoms with van der Waals surface area (Å²) >= 11 is 0. The number of aryl methyl sites for hydroxylation is 1. The first-order valence-corrected chi connectivity index (χ1v) is 12.7. The molecule has 0 aliphatic carbocycles. The molecule has 1 N–H and O–H groups in total. The third-order valence-corrected chi connectivity index (χ3v) is 7.45. The van der Waals surface area contributed by atoms with E-state index in [1.807, 2.05) is 31.2 Å². The Hall–Kier alpha value is -3.14. The predicted molar refractivity (Wildman–Crippen MR) is 130 cm³/mol. The maximum Gasteiger partial charge on any atom is 0.248 e. The fraction of sp³-hybridized carbons (Fsp3) is 0.320. The molecule has 0 bridgehead atoms. The van der Waals surface area contributed by atoms with E-state index in [1.54, 1.807) is 25.1 Å². The summed E-state index contributed by atoms with van der Waals surface area (Å²) in [4.78, 5) is 12.7. The van der Waals surface area contributed by atoms with E-state index in [4.69, 9.17) is 13.9 Å². The Kier molecular flexibility index (Phi) is 7.35. The lowest BCUT2D eigenvalue weighted by atomic mass is 10.1. The van der Waals surface area contributed by atoms with Crippen molar-refractivity contribution in [2.24, 2.45) is 0 Å². The van der Waals surface area contributed by atoms with E-state index in [-0.39, 0.29) is 29.6 Å². The Morgan fingerprint density at radius 2 is 1.91 bits per heavy atom. The largest absolute Gasteiger partial charge is 0.492 e. The van der Waals surface area contributed by atoms with Crippen molar-refractivity contribution in [2.75, 3.05) is 38.2 Å². The lowest BCUT2D eigenvalue weighted by Gasteiger charge is -2.27. The van der Waals surface area contributed by atoms with Crippen LogP contribution in [0, 0.1) is 0 Å². The summed E-state index contributed by atoms with van der Waals surface area (Å²) in [6, 6.07) is 12.3. The zero-order chi connectivity index (χ0) is 24.1. The number of morpholine rings is 1. The molecule has 1 aliphatic heterocycles. The van der Waals surface area contributed by atoms with E-state index in [9.17, 15) is 13.2 Å². The summed E-state index contributed by atoms with van der Waals surface area (Å²) in [5.74, 6) is 0.663. The third kappa shape index (κ3) is 5.01. The van der Waals surface area contributed by atoms with E-state index >= 15 is 0 Å². The van der Waals surface area contributed by atoms with Crippen molar-refractivity contribution < 1.29 is 27.1 Å². The van der Waals surface area contributed by atoms with Crippen LogP contribution < -0.4 is 10.1 Å². The van der Waals surface area contributed by atoms with Gasteiger partial charge in [-0.25, -0.2) is 8.42 Å². The van der Waals surface area contributed by atoms with Gasteiger partial charge in [0.25, 0.3) is 0 Å². The van der Waals surface area contributed by atoms with Gasteiger partial charge in [-0.15, -0.1) is 0 Å². The van der Waals surface area contributed by atoms with Gasteiger partial charge in [-0.05, 0) is 37.3 Å². The first-order valence-electron chi connectivity index (χ1n) is 11.3. The average Bonchev–Trinajstić information content (AvgIpc) is 3.22. The lowest BCUT2D eigenvalue weighted by Crippen LogP contribution is -2.40. The van der Waals surface area contributed by atoms with Gasteiger partial charge in [0.2, 0.25) is 15.9 Å². The molecule has 1 fully saturated rings. The minimum Gasteiger partial charge on any atom is -0.492 e. The number of anilines is 1. The highest BCUT2D eigenvalue weighted by molar-refractivity contribution is 7.89. The summed E-state index contributed by atoms with van der Waals surface area (Å²) in [6.45, 7) is 5.32. The van der Waals surface area contributed by atoms with Crippen LogP contribution in [0.4, 0.5) is 5.69 Å². The van der Waals surface area contributed by atoms with Gasteiger partial charge in [0.15, 0.2) is 0 Å². The standard InChI is InChI=1S/C25H28N2O6S/c1-3-21-20(19-7-5-6-8-22(19)33-21)10-12-25(28)26-18-9-11-23(32-4-2)24(17-18)34(29,30)27-13-15-31-16-14-27/h5-12,17H,3-4,13-16H2,1-2H3,(H,26,28)/b12-10+. The second kappa shape index (κ2) is 10.4. The van der Waals surface area contributed by atoms with Crippen LogP contribution in [0.3, 0.4) is 0 Å². The molecule has 0 radical (unpaired) electrons. The first kappa shape index (κ1) is 24.0. The average molecular weight is 485 g/mol. The molecule has 2 aromatic carbocycles. The third-order valence-electron chi connectivity index (χ3n) is 5.53. The molecule has 1 saturated heterocycles. The van der Waals surface area contributed by atoms with Gasteiger partial charge in [0, 0.05) is 42.2 Å². The molecule has 4 rings (SSSR count). The van der Waals surface area contributed by atoms with Crippen LogP contribution in [0.1, 0.15) is 25.2 Å². The number of rotatable bonds is 8. The molecule has 3 aromatic rings. The number of nitrogens with one attached hydrogen (secondary N) is 1. The highest BCUT2D eigenvalue weighted by atomic mass is 32.2. The number of hydrogen-bond donors (Lipinski definition) is 1. The van der Waals surface area contributed by atoms with Gasteiger partial charge in [-0.2, -0.15) is 4.31 Å². The molecule has 1 aromatic heterocycles. The number of sulfonamides is 1. The topological polar surface area (TPSA) is 98.1 Å². The molecule has 1 aliphatic rings. The Morgan fingerprint density at radius 1 is 1.15 bits per heavy atom. The monoisotopic (exact) mass is 484 g/mol. The van der Waals surface area contributed by atoms with E-state index in [0.717, 1.165) is 22.3 Å². The fourth-order valence-electron chi connectivity index (χ4n) is 3.89. The first-order chi connectivity index (χ1) is 16.4. The van der Waals surface area contributed by atoms with Crippen LogP contribution in [0.15, 0.2) is 57.9 Å². The van der Waals surface area contributed by atoms with Crippen molar-refractivity contribution in [2.45, 2.75) is 25.2 Å². The zero-order valence-electron chi connectivity index (χ0n) is 19.2. The highest BCUT2D eigenvalue weighted by Gasteiger charge is 2.29. The van der Waals surface area contributed by atoms with Crippen LogP contribution in [0.25, 0.3) is 17.0 Å². The van der Waals surface area contributed by atoms with Gasteiger partial charge >= 0.3 is 0 Å². The zero-order valence-corrected chi connectivity index (χ0v) is 20.1. The Labute approximate surface area is 199 Å². The number of amides is 1. The van der Waals surface area contributed by atoms with E-state index in [2.05, 4.69) is 5.32 Å². The van der Waals surface area contributed by atoms with Gasteiger partial charge in [-0.3, -0.25) is 4.79 Å². The van der Waals surface area contributed by atoms with Crippen LogP contribution in [0.2, 0.25) is 0 Å². The molecule has 0 saturated carbocycles. The number of carbonyl (C=O) groups excluding carboxylic acids is 1. The van der Waals surface area contributed by atoms with Crippen molar-refractivity contribution in [1.82, 2.24) is 4.31 Å². The van der Waals surface area contributed by atoms with Crippen LogP contribution in [-0.4, -0.2) is 51.5 Å². The minimum absolute atomic E-state index is 0.0205. The van der Waals surface area contributed by atoms with Crippen LogP contribution in [0.5, 0.6) is 5.75 Å². The minimum atomic E-state index is -3.81. The van der Waals surface area contributed by atoms with Crippen molar-refractivity contribution >= 4 is 38.7 Å². The van der Waals surface area contributed by atoms with Gasteiger partial charge in [0.1, 0.15) is 22.0 Å². The second-order valence-electron chi connectivity index (χ2n) is 7.72. The molecule has 8 nitrogen and oxygen atoms in total. The quantitative estimate of drug-likeness (QED) is 0.484. The maximum absolute atomic E-state index is 13.3. The van der Waals surface area contributed by atoms with Crippen molar-refractivity contribution in [3.8, 4) is 5.75 Å². The summed E-state index contributed by atoms with van der Waals surface area (Å²) in [5.41, 5.74) is 1.98. The number of nitrogens with zero attached hydrogens (tertiary/aromatic N) is 1. The molecule has 0 unspecified atom stereocenters. The van der Waals surface area contributed by atoms with Crippen molar-refractivity contribution in [3.05, 3.63) is 59.9 Å². The lowest BCUT2D eigenvalue weighted by molar-refractivity contribution is -0.111. The number of ether oxygens (including phenoxy) is 2. The summed E-state index contributed by atoms with van der Waals surface area (Å²) in [6.07, 6.45) is 3.83. The van der Waals surface area contributed by atoms with Crippen molar-refractivity contribution in [1.29, 1.82) is 0 Å². The molecule has 0 atom stereocenters.